The van der Waals surface area contributed by atoms with Crippen molar-refractivity contribution in [2.75, 3.05) is 26.2 Å². The minimum absolute atomic E-state index is 0. The Hall–Kier alpha value is -0.980. The molecule has 3 nitrogen and oxygen atoms in total. The lowest BCUT2D eigenvalue weighted by Gasteiger charge is -2.35. The van der Waals surface area contributed by atoms with Crippen LogP contribution in [0.25, 0.3) is 0 Å². The molecule has 22 heavy (non-hydrogen) atoms. The second-order valence-corrected chi connectivity index (χ2v) is 5.21. The number of ether oxygens (including phenoxy) is 1. The summed E-state index contributed by atoms with van der Waals surface area (Å²) < 4.78 is 41.0. The van der Waals surface area contributed by atoms with Crippen LogP contribution >= 0.6 is 12.4 Å². The summed E-state index contributed by atoms with van der Waals surface area (Å²) in [5.74, 6) is -0.142. The van der Waals surface area contributed by atoms with E-state index in [-0.39, 0.29) is 24.2 Å². The summed E-state index contributed by atoms with van der Waals surface area (Å²) in [5, 5.41) is 3.29. The van der Waals surface area contributed by atoms with Crippen molar-refractivity contribution in [3.63, 3.8) is 0 Å². The van der Waals surface area contributed by atoms with Gasteiger partial charge >= 0.3 is 6.36 Å². The molecule has 1 saturated heterocycles. The van der Waals surface area contributed by atoms with Crippen molar-refractivity contribution >= 4 is 12.4 Å². The van der Waals surface area contributed by atoms with Crippen molar-refractivity contribution < 1.29 is 17.9 Å². The zero-order chi connectivity index (χ0) is 15.3. The molecule has 0 saturated carbocycles. The summed E-state index contributed by atoms with van der Waals surface area (Å²) >= 11 is 0. The second kappa shape index (κ2) is 8.60. The van der Waals surface area contributed by atoms with E-state index >= 15 is 0 Å². The van der Waals surface area contributed by atoms with Crippen LogP contribution in [-0.4, -0.2) is 37.4 Å². The van der Waals surface area contributed by atoms with E-state index in [4.69, 9.17) is 0 Å². The molecule has 0 aromatic heterocycles. The highest BCUT2D eigenvalue weighted by molar-refractivity contribution is 5.85. The molecule has 1 aliphatic heterocycles. The van der Waals surface area contributed by atoms with Gasteiger partial charge in [0.05, 0.1) is 0 Å². The maximum absolute atomic E-state index is 12.3. The van der Waals surface area contributed by atoms with Gasteiger partial charge in [0, 0.05) is 32.2 Å². The fourth-order valence-corrected chi connectivity index (χ4v) is 2.75. The summed E-state index contributed by atoms with van der Waals surface area (Å²) in [4.78, 5) is 2.33. The van der Waals surface area contributed by atoms with E-state index in [0.29, 0.717) is 0 Å². The third kappa shape index (κ3) is 5.66. The third-order valence-electron chi connectivity index (χ3n) is 3.63. The zero-order valence-corrected chi connectivity index (χ0v) is 13.3. The molecule has 0 unspecified atom stereocenters. The van der Waals surface area contributed by atoms with E-state index in [9.17, 15) is 13.2 Å². The quantitative estimate of drug-likeness (QED) is 0.885. The lowest BCUT2D eigenvalue weighted by molar-refractivity contribution is -0.274. The Balaban J connectivity index is 0.00000242. The molecule has 1 aromatic carbocycles. The third-order valence-corrected chi connectivity index (χ3v) is 3.63. The number of hydrogen-bond acceptors (Lipinski definition) is 3. The van der Waals surface area contributed by atoms with Gasteiger partial charge in [0.1, 0.15) is 5.75 Å². The van der Waals surface area contributed by atoms with Gasteiger partial charge in [-0.25, -0.2) is 0 Å². The van der Waals surface area contributed by atoms with E-state index in [0.717, 1.165) is 44.6 Å². The first-order valence-corrected chi connectivity index (χ1v) is 7.30. The van der Waals surface area contributed by atoms with Crippen molar-refractivity contribution in [2.24, 2.45) is 0 Å². The number of hydrogen-bond donors (Lipinski definition) is 1. The highest BCUT2D eigenvalue weighted by atomic mass is 35.5. The van der Waals surface area contributed by atoms with Gasteiger partial charge in [0.2, 0.25) is 0 Å². The van der Waals surface area contributed by atoms with Gasteiger partial charge in [-0.15, -0.1) is 25.6 Å². The monoisotopic (exact) mass is 338 g/mol. The number of nitrogens with zero attached hydrogens (tertiary/aromatic N) is 1. The Kier molecular flexibility index (Phi) is 7.45. The summed E-state index contributed by atoms with van der Waals surface area (Å²) in [6, 6.07) is 6.51. The number of alkyl halides is 3. The fourth-order valence-electron chi connectivity index (χ4n) is 2.75. The predicted molar refractivity (Wildman–Crippen MR) is 82.5 cm³/mol. The van der Waals surface area contributed by atoms with Crippen LogP contribution in [0.1, 0.15) is 31.4 Å². The molecule has 1 aromatic rings. The summed E-state index contributed by atoms with van der Waals surface area (Å²) in [6.07, 6.45) is -2.73. The van der Waals surface area contributed by atoms with Crippen molar-refractivity contribution in [1.82, 2.24) is 10.2 Å². The van der Waals surface area contributed by atoms with Gasteiger partial charge in [-0.2, -0.15) is 0 Å². The first kappa shape index (κ1) is 19.1. The number of halogens is 4. The normalized spacial score (nSPS) is 17.6. The number of nitrogens with one attached hydrogen (secondary N) is 1. The summed E-state index contributed by atoms with van der Waals surface area (Å²) in [5.41, 5.74) is 0.889. The average Bonchev–Trinajstić information content (AvgIpc) is 2.44. The van der Waals surface area contributed by atoms with Crippen LogP contribution in [0.4, 0.5) is 13.2 Å². The van der Waals surface area contributed by atoms with Crippen LogP contribution in [0, 0.1) is 0 Å². The maximum Gasteiger partial charge on any atom is 0.573 e. The van der Waals surface area contributed by atoms with Crippen LogP contribution < -0.4 is 10.1 Å². The molecule has 0 radical (unpaired) electrons. The summed E-state index contributed by atoms with van der Waals surface area (Å²) in [7, 11) is 0. The van der Waals surface area contributed by atoms with Gasteiger partial charge in [-0.1, -0.05) is 25.5 Å². The molecule has 1 aliphatic rings. The van der Waals surface area contributed by atoms with Crippen molar-refractivity contribution in [3.8, 4) is 5.75 Å². The SMILES string of the molecule is CCC[C@@H](c1cccc(OC(F)(F)F)c1)N1CCNCC1.Cl. The van der Waals surface area contributed by atoms with Crippen LogP contribution in [0.2, 0.25) is 0 Å². The fraction of sp³-hybridized carbons (Fsp3) is 0.600. The lowest BCUT2D eigenvalue weighted by atomic mass is 9.99. The van der Waals surface area contributed by atoms with Crippen molar-refractivity contribution in [1.29, 1.82) is 0 Å². The Morgan fingerprint density at radius 3 is 2.55 bits per heavy atom. The molecular weight excluding hydrogens is 317 g/mol. The van der Waals surface area contributed by atoms with E-state index in [1.807, 2.05) is 6.07 Å². The van der Waals surface area contributed by atoms with Crippen LogP contribution in [-0.2, 0) is 0 Å². The predicted octanol–water partition coefficient (Wildman–Crippen LogP) is 3.75. The highest BCUT2D eigenvalue weighted by Gasteiger charge is 2.31. The Morgan fingerprint density at radius 2 is 1.95 bits per heavy atom. The Morgan fingerprint density at radius 1 is 1.27 bits per heavy atom. The average molecular weight is 339 g/mol. The Labute approximate surface area is 135 Å². The topological polar surface area (TPSA) is 24.5 Å². The number of piperazine rings is 1. The molecule has 2 rings (SSSR count). The van der Waals surface area contributed by atoms with Gasteiger partial charge in [-0.3, -0.25) is 4.90 Å². The van der Waals surface area contributed by atoms with E-state index in [1.165, 1.54) is 12.1 Å². The van der Waals surface area contributed by atoms with Gasteiger partial charge in [0.25, 0.3) is 0 Å². The molecule has 126 valence electrons. The number of rotatable bonds is 5. The van der Waals surface area contributed by atoms with Gasteiger partial charge < -0.3 is 10.1 Å². The molecule has 7 heteroatoms. The molecule has 0 amide bonds. The minimum Gasteiger partial charge on any atom is -0.406 e. The zero-order valence-electron chi connectivity index (χ0n) is 12.5. The van der Waals surface area contributed by atoms with Gasteiger partial charge in [0.15, 0.2) is 0 Å². The van der Waals surface area contributed by atoms with Crippen molar-refractivity contribution in [3.05, 3.63) is 29.8 Å². The molecule has 0 spiro atoms. The standard InChI is InChI=1S/C15H21F3N2O.ClH/c1-2-4-14(20-9-7-19-8-10-20)12-5-3-6-13(11-12)21-15(16,17)18;/h3,5-6,11,14,19H,2,4,7-10H2,1H3;1H/t14-;/m0./s1. The molecule has 1 atom stereocenters. The minimum atomic E-state index is -4.64. The van der Waals surface area contributed by atoms with Gasteiger partial charge in [-0.05, 0) is 24.1 Å². The van der Waals surface area contributed by atoms with Crippen LogP contribution in [0.3, 0.4) is 0 Å². The largest absolute Gasteiger partial charge is 0.573 e. The molecule has 0 bridgehead atoms. The van der Waals surface area contributed by atoms with E-state index in [2.05, 4.69) is 21.9 Å². The first-order valence-electron chi connectivity index (χ1n) is 7.30. The van der Waals surface area contributed by atoms with Crippen molar-refractivity contribution in [2.45, 2.75) is 32.2 Å². The van der Waals surface area contributed by atoms with Crippen LogP contribution in [0.15, 0.2) is 24.3 Å². The summed E-state index contributed by atoms with van der Waals surface area (Å²) in [6.45, 7) is 5.74. The lowest BCUT2D eigenvalue weighted by Crippen LogP contribution is -2.45. The molecule has 1 fully saturated rings. The molecule has 0 aliphatic carbocycles. The van der Waals surface area contributed by atoms with E-state index in [1.54, 1.807) is 6.07 Å². The smallest absolute Gasteiger partial charge is 0.406 e. The van der Waals surface area contributed by atoms with Crippen LogP contribution in [0.5, 0.6) is 5.75 Å². The number of benzene rings is 1. The second-order valence-electron chi connectivity index (χ2n) is 5.21. The highest BCUT2D eigenvalue weighted by Crippen LogP contribution is 2.30. The van der Waals surface area contributed by atoms with E-state index < -0.39 is 6.36 Å². The Bertz CT molecular complexity index is 451. The maximum atomic E-state index is 12.3. The molecule has 1 N–H and O–H groups in total. The first-order chi connectivity index (χ1) is 9.99. The molecular formula is C15H22ClF3N2O. The molecule has 1 heterocycles.